The molecule has 1 amide bonds. The van der Waals surface area contributed by atoms with E-state index in [1.165, 1.54) is 6.20 Å². The number of hydrogen-bond donors (Lipinski definition) is 2. The minimum absolute atomic E-state index is 0.269. The fourth-order valence-corrected chi connectivity index (χ4v) is 1.75. The predicted molar refractivity (Wildman–Crippen MR) is 80.3 cm³/mol. The summed E-state index contributed by atoms with van der Waals surface area (Å²) >= 11 is 0. The molecule has 6 heteroatoms. The van der Waals surface area contributed by atoms with Crippen LogP contribution in [0.4, 0.5) is 17.2 Å². The van der Waals surface area contributed by atoms with Gasteiger partial charge in [-0.25, -0.2) is 4.98 Å². The van der Waals surface area contributed by atoms with Crippen molar-refractivity contribution in [1.29, 1.82) is 0 Å². The fraction of sp³-hybridized carbons (Fsp3) is 0.214. The molecular formula is C14H17N5O. The summed E-state index contributed by atoms with van der Waals surface area (Å²) in [6.07, 6.45) is 3.00. The van der Waals surface area contributed by atoms with Crippen LogP contribution in [0.15, 0.2) is 36.7 Å². The second-order valence-corrected chi connectivity index (χ2v) is 4.41. The first-order valence-electron chi connectivity index (χ1n) is 6.19. The van der Waals surface area contributed by atoms with Gasteiger partial charge in [0.05, 0.1) is 23.8 Å². The Kier molecular flexibility index (Phi) is 4.14. The maximum absolute atomic E-state index is 12.2. The van der Waals surface area contributed by atoms with Gasteiger partial charge in [0.15, 0.2) is 0 Å². The van der Waals surface area contributed by atoms with Crippen LogP contribution in [-0.2, 0) is 0 Å². The van der Waals surface area contributed by atoms with Crippen molar-refractivity contribution in [1.82, 2.24) is 9.97 Å². The number of para-hydroxylation sites is 2. The highest BCUT2D eigenvalue weighted by molar-refractivity contribution is 6.04. The summed E-state index contributed by atoms with van der Waals surface area (Å²) in [5, 5.41) is 5.70. The minimum atomic E-state index is -0.288. The zero-order chi connectivity index (χ0) is 14.5. The van der Waals surface area contributed by atoms with Crippen LogP contribution in [0.1, 0.15) is 10.5 Å². The lowest BCUT2D eigenvalue weighted by molar-refractivity contribution is 0.102. The van der Waals surface area contributed by atoms with E-state index in [9.17, 15) is 4.79 Å². The summed E-state index contributed by atoms with van der Waals surface area (Å²) in [6.45, 7) is 0. The van der Waals surface area contributed by atoms with E-state index in [-0.39, 0.29) is 11.6 Å². The quantitative estimate of drug-likeness (QED) is 0.888. The van der Waals surface area contributed by atoms with Gasteiger partial charge in [0, 0.05) is 21.1 Å². The number of nitrogens with one attached hydrogen (secondary N) is 2. The van der Waals surface area contributed by atoms with Crippen molar-refractivity contribution in [3.8, 4) is 0 Å². The number of nitrogens with zero attached hydrogens (tertiary/aromatic N) is 3. The van der Waals surface area contributed by atoms with Gasteiger partial charge in [0.1, 0.15) is 11.5 Å². The molecule has 2 aromatic rings. The van der Waals surface area contributed by atoms with Crippen LogP contribution in [0.2, 0.25) is 0 Å². The lowest BCUT2D eigenvalue weighted by Crippen LogP contribution is -2.18. The van der Waals surface area contributed by atoms with E-state index in [0.717, 1.165) is 11.4 Å². The SMILES string of the molecule is CNc1cncc(C(=O)Nc2ccccc2N(C)C)n1. The highest BCUT2D eigenvalue weighted by atomic mass is 16.1. The zero-order valence-electron chi connectivity index (χ0n) is 11.7. The first-order chi connectivity index (χ1) is 9.61. The lowest BCUT2D eigenvalue weighted by Gasteiger charge is -2.17. The number of benzene rings is 1. The Balaban J connectivity index is 2.23. The van der Waals surface area contributed by atoms with Crippen LogP contribution in [0.3, 0.4) is 0 Å². The monoisotopic (exact) mass is 271 g/mol. The second kappa shape index (κ2) is 6.01. The number of rotatable bonds is 4. The number of anilines is 3. The Bertz CT molecular complexity index is 612. The predicted octanol–water partition coefficient (Wildman–Crippen LogP) is 1.84. The van der Waals surface area contributed by atoms with Gasteiger partial charge in [0.2, 0.25) is 0 Å². The second-order valence-electron chi connectivity index (χ2n) is 4.41. The molecule has 2 rings (SSSR count). The smallest absolute Gasteiger partial charge is 0.276 e. The molecule has 104 valence electrons. The molecule has 20 heavy (non-hydrogen) atoms. The standard InChI is InChI=1S/C14H17N5O/c1-15-13-9-16-8-11(17-13)14(20)18-10-6-4-5-7-12(10)19(2)3/h4-9H,1-3H3,(H,15,17)(H,18,20). The van der Waals surface area contributed by atoms with E-state index >= 15 is 0 Å². The van der Waals surface area contributed by atoms with Crippen LogP contribution in [0.25, 0.3) is 0 Å². The third kappa shape index (κ3) is 3.03. The number of hydrogen-bond acceptors (Lipinski definition) is 5. The van der Waals surface area contributed by atoms with Crippen molar-refractivity contribution in [2.24, 2.45) is 0 Å². The molecule has 0 radical (unpaired) electrons. The average Bonchev–Trinajstić information content (AvgIpc) is 2.47. The van der Waals surface area contributed by atoms with Crippen molar-refractivity contribution in [2.45, 2.75) is 0 Å². The molecule has 1 aromatic heterocycles. The van der Waals surface area contributed by atoms with Crippen molar-refractivity contribution >= 4 is 23.1 Å². The molecule has 0 saturated carbocycles. The van der Waals surface area contributed by atoms with Crippen molar-refractivity contribution in [3.05, 3.63) is 42.4 Å². The largest absolute Gasteiger partial charge is 0.376 e. The molecule has 0 bridgehead atoms. The van der Waals surface area contributed by atoms with Crippen molar-refractivity contribution < 1.29 is 4.79 Å². The van der Waals surface area contributed by atoms with Crippen LogP contribution in [-0.4, -0.2) is 37.0 Å². The molecule has 0 saturated heterocycles. The van der Waals surface area contributed by atoms with E-state index in [4.69, 9.17) is 0 Å². The molecule has 0 fully saturated rings. The summed E-state index contributed by atoms with van der Waals surface area (Å²) in [6, 6.07) is 7.58. The molecule has 6 nitrogen and oxygen atoms in total. The van der Waals surface area contributed by atoms with E-state index in [0.29, 0.717) is 5.82 Å². The van der Waals surface area contributed by atoms with Crippen LogP contribution in [0, 0.1) is 0 Å². The zero-order valence-corrected chi connectivity index (χ0v) is 11.7. The number of aromatic nitrogens is 2. The van der Waals surface area contributed by atoms with Crippen molar-refractivity contribution in [3.63, 3.8) is 0 Å². The number of carbonyl (C=O) groups excluding carboxylic acids is 1. The maximum Gasteiger partial charge on any atom is 0.276 e. The van der Waals surface area contributed by atoms with E-state index < -0.39 is 0 Å². The lowest BCUT2D eigenvalue weighted by atomic mass is 10.2. The van der Waals surface area contributed by atoms with Gasteiger partial charge in [-0.1, -0.05) is 12.1 Å². The van der Waals surface area contributed by atoms with Gasteiger partial charge in [-0.05, 0) is 12.1 Å². The van der Waals surface area contributed by atoms with Crippen LogP contribution in [0.5, 0.6) is 0 Å². The summed E-state index contributed by atoms with van der Waals surface area (Å²) < 4.78 is 0. The number of carbonyl (C=O) groups is 1. The summed E-state index contributed by atoms with van der Waals surface area (Å²) in [7, 11) is 5.58. The average molecular weight is 271 g/mol. The number of amides is 1. The van der Waals surface area contributed by atoms with E-state index in [2.05, 4.69) is 20.6 Å². The Hall–Kier alpha value is -2.63. The summed E-state index contributed by atoms with van der Waals surface area (Å²) in [4.78, 5) is 22.3. The van der Waals surface area contributed by atoms with Gasteiger partial charge in [-0.15, -0.1) is 0 Å². The van der Waals surface area contributed by atoms with Gasteiger partial charge in [0.25, 0.3) is 5.91 Å². The Morgan fingerprint density at radius 3 is 2.65 bits per heavy atom. The molecule has 0 aliphatic rings. The molecule has 0 aliphatic heterocycles. The van der Waals surface area contributed by atoms with E-state index in [1.807, 2.05) is 43.3 Å². The third-order valence-electron chi connectivity index (χ3n) is 2.76. The van der Waals surface area contributed by atoms with Crippen LogP contribution >= 0.6 is 0 Å². The minimum Gasteiger partial charge on any atom is -0.376 e. The molecule has 2 N–H and O–H groups in total. The highest BCUT2D eigenvalue weighted by Gasteiger charge is 2.11. The highest BCUT2D eigenvalue weighted by Crippen LogP contribution is 2.23. The first-order valence-corrected chi connectivity index (χ1v) is 6.19. The molecular weight excluding hydrogens is 254 g/mol. The molecule has 1 aromatic carbocycles. The van der Waals surface area contributed by atoms with E-state index in [1.54, 1.807) is 13.2 Å². The summed E-state index contributed by atoms with van der Waals surface area (Å²) in [5.41, 5.74) is 1.93. The molecule has 0 spiro atoms. The van der Waals surface area contributed by atoms with Gasteiger partial charge in [-0.3, -0.25) is 9.78 Å². The fourth-order valence-electron chi connectivity index (χ4n) is 1.75. The van der Waals surface area contributed by atoms with Gasteiger partial charge >= 0.3 is 0 Å². The van der Waals surface area contributed by atoms with Crippen LogP contribution < -0.4 is 15.5 Å². The normalized spacial score (nSPS) is 9.95. The molecule has 0 unspecified atom stereocenters. The third-order valence-corrected chi connectivity index (χ3v) is 2.76. The molecule has 1 heterocycles. The molecule has 0 aliphatic carbocycles. The Labute approximate surface area is 117 Å². The summed E-state index contributed by atoms with van der Waals surface area (Å²) in [5.74, 6) is 0.266. The Morgan fingerprint density at radius 1 is 1.20 bits per heavy atom. The van der Waals surface area contributed by atoms with Gasteiger partial charge < -0.3 is 15.5 Å². The van der Waals surface area contributed by atoms with Crippen molar-refractivity contribution in [2.75, 3.05) is 36.7 Å². The Morgan fingerprint density at radius 2 is 1.95 bits per heavy atom. The topological polar surface area (TPSA) is 70.2 Å². The maximum atomic E-state index is 12.2. The first kappa shape index (κ1) is 13.8. The molecule has 0 atom stereocenters. The van der Waals surface area contributed by atoms with Gasteiger partial charge in [-0.2, -0.15) is 0 Å².